The molecular formula is C80H106BrCsF5K2N3O21. The average Bonchev–Trinajstić information content (AvgIpc) is 1.56. The molecule has 9 atom stereocenters. The van der Waals surface area contributed by atoms with Gasteiger partial charge in [0.1, 0.15) is 90.5 Å². The van der Waals surface area contributed by atoms with Crippen LogP contribution in [0.1, 0.15) is 172 Å². The number of aromatic hydroxyl groups is 1. The van der Waals surface area contributed by atoms with Crippen molar-refractivity contribution in [1.29, 1.82) is 0 Å². The number of phenolic OH excluding ortho intramolecular Hbond substituents is 1. The molecule has 0 spiro atoms. The summed E-state index contributed by atoms with van der Waals surface area (Å²) in [5.74, 6) is -1.62. The molecule has 2 bridgehead atoms. The summed E-state index contributed by atoms with van der Waals surface area (Å²) in [6.45, 7) is 26.3. The number of pyridine rings is 1. The number of aliphatic hydroxyl groups excluding tert-OH is 2. The number of carbonyl (C=O) groups excluding carboxylic acids is 3. The van der Waals surface area contributed by atoms with Crippen LogP contribution in [0.15, 0.2) is 128 Å². The third kappa shape index (κ3) is 37.7. The predicted molar refractivity (Wildman–Crippen MR) is 398 cm³/mol. The minimum atomic E-state index is -1.52. The smallest absolute Gasteiger partial charge is 1.00 e. The molecule has 2 saturated carbocycles. The standard InChI is InChI=1S/C17H25N.C14H18FNO6.C14H20FNO4.C13H15FO4.C7H7Br.C7H5FO2.C7H14O2.CH2O3.Cs.FH.2K.H/c1-16(2)13-9-10-17(16,3)14(12-13)7-8-15-6-4-5-11-18-15;1-14(2)21-8-10(22-14)7-20-9-3-4-12(15)11(5-9)13(17)6-16(18)19;1-14(2)19-8-10(20-14)7-18-9-3-4-12(15)11(5-9)13(17)6-16;1-13(2)17-8-11(18-13)7-16-10-3-4-12(14)9(5-10)6-15;8-6-7-4-2-1-3-5-7;8-7-2-1-6(10)3-5(7)4-9;1-4-6-5-8-7(2,3)9-6;2-1-4-3;;;;;/h4-6,11,13-14H,7-10,12H2,1-3H3;3-5,10,13,17H,6-8H2,1-2H3;3-5,10,13,17H,6-8,16H2,1-2H3;3-6,11H,7-8H2,1-2H3;1-5H,6H2;1-4,10H;6H,4-5H2,1-3H3;1,3H;;1H;;;/q;;;;;;;;+1;;2*+1;-1/p-2/t;2*10-,13+;11-;;;6-;;;;;;/m.000..0....../s1. The van der Waals surface area contributed by atoms with E-state index in [4.69, 9.17) is 73.0 Å². The van der Waals surface area contributed by atoms with Crippen molar-refractivity contribution in [2.75, 3.05) is 59.3 Å². The van der Waals surface area contributed by atoms with Gasteiger partial charge in [-0.25, -0.2) is 17.6 Å². The fraction of sp³-hybridized carbons (Fsp3) is 0.525. The Labute approximate surface area is 812 Å². The van der Waals surface area contributed by atoms with Crippen LogP contribution in [0.2, 0.25) is 0 Å². The van der Waals surface area contributed by atoms with Crippen LogP contribution in [0, 0.1) is 56.0 Å². The maximum Gasteiger partial charge on any atom is 1.00 e. The second kappa shape index (κ2) is 53.4. The zero-order valence-corrected chi connectivity index (χ0v) is 81.3. The molecule has 12 rings (SSSR count). The third-order valence-corrected chi connectivity index (χ3v) is 19.6. The van der Waals surface area contributed by atoms with Crippen LogP contribution in [-0.4, -0.2) is 151 Å². The Morgan fingerprint density at radius 2 is 1.04 bits per heavy atom. The number of alkyl halides is 1. The number of benzene rings is 5. The van der Waals surface area contributed by atoms with Crippen molar-refractivity contribution in [3.05, 3.63) is 194 Å². The summed E-state index contributed by atoms with van der Waals surface area (Å²) >= 11 is 3.36. The third-order valence-electron chi connectivity index (χ3n) is 18.9. The van der Waals surface area contributed by atoms with E-state index in [2.05, 4.69) is 77.8 Å². The molecule has 6 aromatic rings. The van der Waals surface area contributed by atoms with Crippen molar-refractivity contribution in [3.63, 3.8) is 0 Å². The molecule has 113 heavy (non-hydrogen) atoms. The summed E-state index contributed by atoms with van der Waals surface area (Å²) in [7, 11) is 0. The molecule has 612 valence electrons. The first-order chi connectivity index (χ1) is 51.4. The molecule has 5 aromatic carbocycles. The number of aryl methyl sites for hydroxylation is 1. The van der Waals surface area contributed by atoms with Gasteiger partial charge in [-0.05, 0) is 207 Å². The Balaban J connectivity index is 0.00000132. The summed E-state index contributed by atoms with van der Waals surface area (Å²) in [5, 5.41) is 47.8. The van der Waals surface area contributed by atoms with Crippen molar-refractivity contribution >= 4 is 35.0 Å². The average molecular weight is 1830 g/mol. The number of halogens is 6. The number of hydrogen-bond acceptors (Lipinski definition) is 23. The van der Waals surface area contributed by atoms with E-state index in [0.29, 0.717) is 79.8 Å². The van der Waals surface area contributed by atoms with Gasteiger partial charge in [0.2, 0.25) is 6.54 Å². The van der Waals surface area contributed by atoms with Crippen LogP contribution in [0.25, 0.3) is 0 Å². The summed E-state index contributed by atoms with van der Waals surface area (Å²) in [5.41, 5.74) is 8.88. The molecule has 5 N–H and O–H groups in total. The predicted octanol–water partition coefficient (Wildman–Crippen LogP) is 1.70. The van der Waals surface area contributed by atoms with Crippen molar-refractivity contribution in [3.8, 4) is 23.0 Å². The second-order valence-corrected chi connectivity index (χ2v) is 29.5. The van der Waals surface area contributed by atoms with E-state index in [1.54, 1.807) is 13.8 Å². The quantitative estimate of drug-likeness (QED) is 0.0143. The molecule has 0 amide bonds. The van der Waals surface area contributed by atoms with Gasteiger partial charge in [-0.3, -0.25) is 29.5 Å². The molecule has 24 nitrogen and oxygen atoms in total. The van der Waals surface area contributed by atoms with E-state index < -0.39 is 64.3 Å². The van der Waals surface area contributed by atoms with E-state index in [-0.39, 0.29) is 250 Å². The Morgan fingerprint density at radius 1 is 0.628 bits per heavy atom. The van der Waals surface area contributed by atoms with Crippen molar-refractivity contribution in [2.45, 2.75) is 187 Å². The first kappa shape index (κ1) is 109. The van der Waals surface area contributed by atoms with Gasteiger partial charge in [0, 0.05) is 39.8 Å². The van der Waals surface area contributed by atoms with Crippen LogP contribution in [0.3, 0.4) is 0 Å². The van der Waals surface area contributed by atoms with Gasteiger partial charge in [0.15, 0.2) is 35.7 Å². The molecule has 2 aliphatic carbocycles. The Kier molecular flexibility index (Phi) is 51.4. The zero-order chi connectivity index (χ0) is 80.8. The topological polar surface area (TPSA) is 328 Å². The van der Waals surface area contributed by atoms with E-state index >= 15 is 0 Å². The van der Waals surface area contributed by atoms with Gasteiger partial charge >= 0.3 is 172 Å². The second-order valence-electron chi connectivity index (χ2n) is 28.9. The number of nitro groups is 1. The van der Waals surface area contributed by atoms with Crippen LogP contribution in [-0.2, 0) is 59.3 Å². The Morgan fingerprint density at radius 3 is 1.38 bits per heavy atom. The number of ether oxygens (including phenoxy) is 11. The fourth-order valence-electron chi connectivity index (χ4n) is 12.7. The number of rotatable bonds is 22. The van der Waals surface area contributed by atoms with E-state index in [1.165, 1.54) is 91.5 Å². The van der Waals surface area contributed by atoms with Gasteiger partial charge in [0.05, 0.1) is 49.8 Å². The number of phenols is 1. The number of nitrogens with two attached hydrogens (primary N) is 1. The number of fused-ring (bicyclic) bond motifs is 2. The van der Waals surface area contributed by atoms with Crippen LogP contribution < -0.4 is 202 Å². The number of carbonyl (C=O) groups is 3. The Hall–Kier alpha value is -2.37. The number of aliphatic hydroxyl groups is 2. The minimum Gasteiger partial charge on any atom is -1.00 e. The number of hydrogen-bond donors (Lipinski definition) is 4. The van der Waals surface area contributed by atoms with Crippen molar-refractivity contribution in [1.82, 2.24) is 4.98 Å². The zero-order valence-electron chi connectivity index (χ0n) is 68.2. The van der Waals surface area contributed by atoms with Crippen molar-refractivity contribution < 1.29 is 292 Å². The molecule has 3 unspecified atom stereocenters. The van der Waals surface area contributed by atoms with Crippen LogP contribution in [0.5, 0.6) is 23.0 Å². The molecule has 0 radical (unpaired) electrons. The van der Waals surface area contributed by atoms with Gasteiger partial charge in [-0.2, -0.15) is 0 Å². The van der Waals surface area contributed by atoms with Gasteiger partial charge in [-0.1, -0.05) is 80.0 Å². The maximum absolute atomic E-state index is 13.6. The monoisotopic (exact) mass is 1830 g/mol. The van der Waals surface area contributed by atoms with Crippen LogP contribution in [0.4, 0.5) is 17.6 Å². The minimum absolute atomic E-state index is 0. The molecule has 4 aliphatic heterocycles. The van der Waals surface area contributed by atoms with E-state index in [1.807, 2.05) is 72.0 Å². The summed E-state index contributed by atoms with van der Waals surface area (Å²) < 4.78 is 113. The molecule has 6 aliphatic rings. The first-order valence-corrected chi connectivity index (χ1v) is 36.9. The fourth-order valence-corrected chi connectivity index (χ4v) is 13.1. The van der Waals surface area contributed by atoms with E-state index in [9.17, 15) is 47.5 Å². The molecule has 33 heteroatoms. The Bertz CT molecular complexity index is 3790. The van der Waals surface area contributed by atoms with Gasteiger partial charge in [0.25, 0.3) is 6.47 Å². The summed E-state index contributed by atoms with van der Waals surface area (Å²) in [6, 6.07) is 31.8. The van der Waals surface area contributed by atoms with Crippen molar-refractivity contribution in [2.24, 2.45) is 28.4 Å². The first-order valence-electron chi connectivity index (χ1n) is 35.8. The molecule has 4 saturated heterocycles. The maximum atomic E-state index is 13.6. The molecule has 1 aromatic heterocycles. The van der Waals surface area contributed by atoms with Gasteiger partial charge < -0.3 is 89.4 Å². The number of nitrogens with zero attached hydrogens (tertiary/aromatic N) is 2. The number of aldehydes is 2. The molecular weight excluding hydrogens is 1720 g/mol. The summed E-state index contributed by atoms with van der Waals surface area (Å²) in [4.78, 5) is 46.0. The molecule has 5 heterocycles. The largest absolute Gasteiger partial charge is 1.00 e. The number of aromatic nitrogens is 1. The normalized spacial score (nSPS) is 21.9. The van der Waals surface area contributed by atoms with Crippen LogP contribution >= 0.6 is 15.9 Å². The summed E-state index contributed by atoms with van der Waals surface area (Å²) in [6.07, 6.45) is 7.79. The molecule has 6 fully saturated rings. The van der Waals surface area contributed by atoms with E-state index in [0.717, 1.165) is 54.8 Å². The van der Waals surface area contributed by atoms with Gasteiger partial charge in [-0.15, -0.1) is 0 Å². The SMILES string of the molecule is BrCc1ccccc1.CC1(C)C2CCC1(C)C(CCc1ccccn1)C2.CC1(C)OC[C@H](COc2ccc(F)c(C=O)c2)O1.CC1(C)OC[C@H](COc2ccc(F)c([C@H](O)CN)c2)O1.CC1(C)OC[C@H](COc2ccc(F)c([C@H](O)C[N+](=O)[O-])c2)O1.CC[C@H]1COC(C)(C)O1.O=CO[O-].O=Cc1cc(O)ccc1F.[Cs+].[F-].[H-].[K+].[K+].